The summed E-state index contributed by atoms with van der Waals surface area (Å²) >= 11 is 0. The Kier molecular flexibility index (Phi) is 5.57. The van der Waals surface area contributed by atoms with Gasteiger partial charge in [-0.15, -0.1) is 0 Å². The summed E-state index contributed by atoms with van der Waals surface area (Å²) in [5.41, 5.74) is 7.46. The van der Waals surface area contributed by atoms with Gasteiger partial charge in [0.15, 0.2) is 0 Å². The third kappa shape index (κ3) is 3.93. The van der Waals surface area contributed by atoms with E-state index in [-0.39, 0.29) is 0 Å². The largest absolute Gasteiger partial charge is 0.277 e. The lowest BCUT2D eigenvalue weighted by atomic mass is 9.94. The van der Waals surface area contributed by atoms with E-state index < -0.39 is 0 Å². The van der Waals surface area contributed by atoms with Gasteiger partial charge in [-0.05, 0) is 62.1 Å². The molecule has 218 valence electrons. The Bertz CT molecular complexity index is 2850. The van der Waals surface area contributed by atoms with Crippen molar-refractivity contribution < 1.29 is 0 Å². The van der Waals surface area contributed by atoms with Crippen LogP contribution in [0.2, 0.25) is 0 Å². The third-order valence-corrected chi connectivity index (χ3v) is 9.54. The molecule has 0 amide bonds. The Labute approximate surface area is 271 Å². The maximum Gasteiger partial charge on any atom is 0.235 e. The van der Waals surface area contributed by atoms with Gasteiger partial charge in [0.1, 0.15) is 0 Å². The van der Waals surface area contributed by atoms with Gasteiger partial charge in [0, 0.05) is 27.3 Å². The first-order valence-corrected chi connectivity index (χ1v) is 16.0. The zero-order chi connectivity index (χ0) is 30.9. The third-order valence-electron chi connectivity index (χ3n) is 9.54. The van der Waals surface area contributed by atoms with E-state index in [1.165, 1.54) is 54.2 Å². The topological polar surface area (TPSA) is 30.7 Å². The van der Waals surface area contributed by atoms with E-state index in [1.807, 2.05) is 0 Å². The van der Waals surface area contributed by atoms with Gasteiger partial charge >= 0.3 is 0 Å². The van der Waals surface area contributed by atoms with Crippen molar-refractivity contribution in [2.45, 2.75) is 0 Å². The van der Waals surface area contributed by atoms with E-state index in [0.717, 1.165) is 33.2 Å². The zero-order valence-corrected chi connectivity index (χ0v) is 25.4. The van der Waals surface area contributed by atoms with E-state index in [1.54, 1.807) is 0 Å². The summed E-state index contributed by atoms with van der Waals surface area (Å²) < 4.78 is 2.31. The highest BCUT2D eigenvalue weighted by Gasteiger charge is 2.23. The van der Waals surface area contributed by atoms with Crippen LogP contribution in [0, 0.1) is 0 Å². The highest BCUT2D eigenvalue weighted by molar-refractivity contribution is 6.27. The lowest BCUT2D eigenvalue weighted by molar-refractivity contribution is 1.02. The van der Waals surface area contributed by atoms with Crippen molar-refractivity contribution in [1.29, 1.82) is 0 Å². The Hall–Kier alpha value is -6.32. The highest BCUT2D eigenvalue weighted by atomic mass is 15.2. The Morgan fingerprint density at radius 1 is 0.404 bits per heavy atom. The first kappa shape index (κ1) is 26.0. The first-order chi connectivity index (χ1) is 23.3. The van der Waals surface area contributed by atoms with Crippen LogP contribution in [0.1, 0.15) is 0 Å². The summed E-state index contributed by atoms with van der Waals surface area (Å²) in [5, 5.41) is 10.7. The molecule has 10 aromatic rings. The molecule has 0 spiro atoms. The quantitative estimate of drug-likeness (QED) is 0.203. The molecule has 0 bridgehead atoms. The molecule has 8 aromatic carbocycles. The Balaban J connectivity index is 1.41. The van der Waals surface area contributed by atoms with E-state index in [9.17, 15) is 0 Å². The van der Waals surface area contributed by atoms with Gasteiger partial charge in [0.25, 0.3) is 0 Å². The van der Waals surface area contributed by atoms with Crippen molar-refractivity contribution in [3.05, 3.63) is 164 Å². The minimum absolute atomic E-state index is 0.662. The van der Waals surface area contributed by atoms with Gasteiger partial charge in [0.05, 0.1) is 22.2 Å². The van der Waals surface area contributed by atoms with Crippen molar-refractivity contribution in [2.24, 2.45) is 0 Å². The van der Waals surface area contributed by atoms with Crippen molar-refractivity contribution >= 4 is 65.0 Å². The summed E-state index contributed by atoms with van der Waals surface area (Å²) in [6.45, 7) is 0. The van der Waals surface area contributed by atoms with Crippen LogP contribution in [-0.2, 0) is 0 Å². The maximum absolute atomic E-state index is 5.47. The summed E-state index contributed by atoms with van der Waals surface area (Å²) in [6, 6.07) is 58.4. The maximum atomic E-state index is 5.47. The van der Waals surface area contributed by atoms with Gasteiger partial charge in [0.2, 0.25) is 5.95 Å². The molecule has 0 radical (unpaired) electrons. The van der Waals surface area contributed by atoms with Gasteiger partial charge in [-0.25, -0.2) is 9.97 Å². The van der Waals surface area contributed by atoms with Crippen molar-refractivity contribution in [1.82, 2.24) is 14.5 Å². The number of hydrogen-bond acceptors (Lipinski definition) is 2. The minimum Gasteiger partial charge on any atom is -0.277 e. The minimum atomic E-state index is 0.662. The molecule has 0 saturated carbocycles. The summed E-state index contributed by atoms with van der Waals surface area (Å²) in [5.74, 6) is 0.662. The molecule has 10 rings (SSSR count). The van der Waals surface area contributed by atoms with Crippen LogP contribution in [-0.4, -0.2) is 14.5 Å². The second kappa shape index (κ2) is 10.1. The van der Waals surface area contributed by atoms with E-state index in [4.69, 9.17) is 9.97 Å². The molecule has 47 heavy (non-hydrogen) atoms. The average Bonchev–Trinajstić information content (AvgIpc) is 3.47. The fourth-order valence-corrected chi connectivity index (χ4v) is 7.44. The number of rotatable bonds is 3. The van der Waals surface area contributed by atoms with Crippen LogP contribution in [0.4, 0.5) is 0 Å². The number of para-hydroxylation sites is 1. The molecular weight excluding hydrogens is 571 g/mol. The molecule has 0 saturated heterocycles. The van der Waals surface area contributed by atoms with Crippen LogP contribution in [0.15, 0.2) is 164 Å². The van der Waals surface area contributed by atoms with Crippen LogP contribution in [0.3, 0.4) is 0 Å². The molecule has 0 atom stereocenters. The number of benzene rings is 8. The zero-order valence-electron chi connectivity index (χ0n) is 25.4. The molecule has 0 unspecified atom stereocenters. The second-order valence-corrected chi connectivity index (χ2v) is 12.2. The normalized spacial score (nSPS) is 11.8. The predicted octanol–water partition coefficient (Wildman–Crippen LogP) is 11.5. The fraction of sp³-hybridized carbons (Fsp3) is 0. The number of aromatic nitrogens is 3. The van der Waals surface area contributed by atoms with Crippen molar-refractivity contribution in [3.63, 3.8) is 0 Å². The summed E-state index contributed by atoms with van der Waals surface area (Å²) in [6.07, 6.45) is 0. The van der Waals surface area contributed by atoms with Crippen LogP contribution in [0.25, 0.3) is 93.4 Å². The lowest BCUT2D eigenvalue weighted by Crippen LogP contribution is -2.04. The average molecular weight is 598 g/mol. The standard InChI is InChI=1S/C44H27N3/c1-2-14-30(15-3-1)40-35-19-9-7-17-32(35)27-37-41-34-18-8-6-13-29(34)24-25-39(41)47(43(37)40)44-45-38-21-11-10-20-36(38)42(46-44)33-23-22-28-12-4-5-16-31(28)26-33/h1-27H. The Morgan fingerprint density at radius 3 is 1.91 bits per heavy atom. The SMILES string of the molecule is c1ccc(-c2c3ccccc3cc3c4c5ccccc5ccc4n(-c4nc(-c5ccc6ccccc6c5)c5ccccc5n4)c23)cc1. The smallest absolute Gasteiger partial charge is 0.235 e. The molecular formula is C44H27N3. The number of nitrogens with zero attached hydrogens (tertiary/aromatic N) is 3. The molecule has 3 heteroatoms. The highest BCUT2D eigenvalue weighted by Crippen LogP contribution is 2.44. The molecule has 3 nitrogen and oxygen atoms in total. The number of fused-ring (bicyclic) bond motifs is 8. The monoisotopic (exact) mass is 597 g/mol. The summed E-state index contributed by atoms with van der Waals surface area (Å²) in [7, 11) is 0. The molecule has 0 aliphatic heterocycles. The van der Waals surface area contributed by atoms with Crippen LogP contribution >= 0.6 is 0 Å². The molecule has 2 aromatic heterocycles. The van der Waals surface area contributed by atoms with E-state index >= 15 is 0 Å². The molecule has 0 N–H and O–H groups in total. The predicted molar refractivity (Wildman–Crippen MR) is 197 cm³/mol. The van der Waals surface area contributed by atoms with E-state index in [2.05, 4.69) is 168 Å². The molecule has 0 aliphatic carbocycles. The van der Waals surface area contributed by atoms with Crippen molar-refractivity contribution in [3.8, 4) is 28.3 Å². The molecule has 0 aliphatic rings. The van der Waals surface area contributed by atoms with Crippen LogP contribution in [0.5, 0.6) is 0 Å². The first-order valence-electron chi connectivity index (χ1n) is 16.0. The van der Waals surface area contributed by atoms with Crippen molar-refractivity contribution in [2.75, 3.05) is 0 Å². The van der Waals surface area contributed by atoms with Gasteiger partial charge < -0.3 is 0 Å². The fourth-order valence-electron chi connectivity index (χ4n) is 7.44. The lowest BCUT2D eigenvalue weighted by Gasteiger charge is -2.15. The second-order valence-electron chi connectivity index (χ2n) is 12.2. The Morgan fingerprint density at radius 2 is 1.06 bits per heavy atom. The van der Waals surface area contributed by atoms with Gasteiger partial charge in [-0.1, -0.05) is 140 Å². The molecule has 2 heterocycles. The van der Waals surface area contributed by atoms with Gasteiger partial charge in [-0.2, -0.15) is 0 Å². The molecule has 0 fully saturated rings. The summed E-state index contributed by atoms with van der Waals surface area (Å²) in [4.78, 5) is 10.8. The number of hydrogen-bond donors (Lipinski definition) is 0. The van der Waals surface area contributed by atoms with E-state index in [0.29, 0.717) is 5.95 Å². The van der Waals surface area contributed by atoms with Gasteiger partial charge in [-0.3, -0.25) is 4.57 Å². The van der Waals surface area contributed by atoms with Crippen LogP contribution < -0.4 is 0 Å².